The first-order chi connectivity index (χ1) is 11.0. The van der Waals surface area contributed by atoms with Gasteiger partial charge in [-0.2, -0.15) is 0 Å². The predicted octanol–water partition coefficient (Wildman–Crippen LogP) is 2.34. The van der Waals surface area contributed by atoms with Crippen molar-refractivity contribution >= 4 is 17.3 Å². The number of hydrogen-bond donors (Lipinski definition) is 2. The van der Waals surface area contributed by atoms with Gasteiger partial charge in [0.15, 0.2) is 5.96 Å². The smallest absolute Gasteiger partial charge is 0.191 e. The zero-order chi connectivity index (χ0) is 16.8. The fourth-order valence-electron chi connectivity index (χ4n) is 3.05. The van der Waals surface area contributed by atoms with E-state index in [1.165, 1.54) is 36.5 Å². The standard InChI is InChI=1S/C17H31N5S/c1-12(2)22-10-7-15(8-11-22)21-17(18-5)19-9-6-16-13(3)20-14(4)23-16/h12,15H,6-11H2,1-5H3,(H2,18,19,21). The lowest BCUT2D eigenvalue weighted by Crippen LogP contribution is -2.50. The normalized spacial score (nSPS) is 17.7. The Balaban J connectivity index is 1.73. The number of thiazole rings is 1. The SMILES string of the molecule is CN=C(NCCc1sc(C)nc1C)NC1CCN(C(C)C)CC1. The Kier molecular flexibility index (Phi) is 6.84. The van der Waals surface area contributed by atoms with Crippen LogP contribution in [0.2, 0.25) is 0 Å². The molecule has 0 spiro atoms. The monoisotopic (exact) mass is 337 g/mol. The molecule has 1 aromatic rings. The van der Waals surface area contributed by atoms with Crippen molar-refractivity contribution in [3.8, 4) is 0 Å². The Labute approximate surface area is 144 Å². The first-order valence-electron chi connectivity index (χ1n) is 8.63. The Morgan fingerprint density at radius 3 is 2.57 bits per heavy atom. The molecule has 0 aliphatic carbocycles. The summed E-state index contributed by atoms with van der Waals surface area (Å²) in [7, 11) is 1.85. The van der Waals surface area contributed by atoms with E-state index in [-0.39, 0.29) is 0 Å². The molecule has 2 rings (SSSR count). The molecule has 23 heavy (non-hydrogen) atoms. The van der Waals surface area contributed by atoms with Gasteiger partial charge >= 0.3 is 0 Å². The molecule has 0 bridgehead atoms. The van der Waals surface area contributed by atoms with E-state index < -0.39 is 0 Å². The minimum Gasteiger partial charge on any atom is -0.356 e. The van der Waals surface area contributed by atoms with Crippen LogP contribution in [0, 0.1) is 13.8 Å². The summed E-state index contributed by atoms with van der Waals surface area (Å²) in [6.07, 6.45) is 3.38. The van der Waals surface area contributed by atoms with E-state index in [1.54, 1.807) is 11.3 Å². The highest BCUT2D eigenvalue weighted by molar-refractivity contribution is 7.11. The van der Waals surface area contributed by atoms with Crippen LogP contribution in [0.4, 0.5) is 0 Å². The lowest BCUT2D eigenvalue weighted by Gasteiger charge is -2.35. The molecule has 0 atom stereocenters. The van der Waals surface area contributed by atoms with Gasteiger partial charge in [0.1, 0.15) is 0 Å². The van der Waals surface area contributed by atoms with E-state index in [1.807, 2.05) is 7.05 Å². The summed E-state index contributed by atoms with van der Waals surface area (Å²) in [4.78, 5) is 12.8. The zero-order valence-corrected chi connectivity index (χ0v) is 16.0. The molecule has 1 aliphatic heterocycles. The molecular weight excluding hydrogens is 306 g/mol. The molecule has 2 N–H and O–H groups in total. The molecule has 0 aromatic carbocycles. The van der Waals surface area contributed by atoms with Crippen molar-refractivity contribution in [2.75, 3.05) is 26.7 Å². The third-order valence-corrected chi connectivity index (χ3v) is 5.60. The number of likely N-dealkylation sites (tertiary alicyclic amines) is 1. The Morgan fingerprint density at radius 2 is 2.04 bits per heavy atom. The molecule has 0 amide bonds. The molecule has 6 heteroatoms. The van der Waals surface area contributed by atoms with Crippen molar-refractivity contribution in [1.82, 2.24) is 20.5 Å². The molecule has 0 unspecified atom stereocenters. The van der Waals surface area contributed by atoms with Gasteiger partial charge < -0.3 is 15.5 Å². The second kappa shape index (κ2) is 8.64. The van der Waals surface area contributed by atoms with Crippen LogP contribution in [0.1, 0.15) is 42.3 Å². The van der Waals surface area contributed by atoms with Crippen LogP contribution in [-0.2, 0) is 6.42 Å². The lowest BCUT2D eigenvalue weighted by molar-refractivity contribution is 0.167. The summed E-state index contributed by atoms with van der Waals surface area (Å²) in [6, 6.07) is 1.18. The van der Waals surface area contributed by atoms with Gasteiger partial charge in [-0.05, 0) is 40.5 Å². The lowest BCUT2D eigenvalue weighted by atomic mass is 10.0. The second-order valence-corrected chi connectivity index (χ2v) is 7.83. The number of nitrogens with one attached hydrogen (secondary N) is 2. The number of piperidine rings is 1. The van der Waals surface area contributed by atoms with Crippen molar-refractivity contribution in [3.05, 3.63) is 15.6 Å². The van der Waals surface area contributed by atoms with Crippen molar-refractivity contribution in [3.63, 3.8) is 0 Å². The van der Waals surface area contributed by atoms with Crippen LogP contribution < -0.4 is 10.6 Å². The van der Waals surface area contributed by atoms with Crippen molar-refractivity contribution in [2.24, 2.45) is 4.99 Å². The van der Waals surface area contributed by atoms with Gasteiger partial charge in [0, 0.05) is 50.1 Å². The van der Waals surface area contributed by atoms with Crippen molar-refractivity contribution in [2.45, 2.75) is 59.0 Å². The number of hydrogen-bond acceptors (Lipinski definition) is 4. The Bertz CT molecular complexity index is 515. The van der Waals surface area contributed by atoms with Crippen molar-refractivity contribution < 1.29 is 0 Å². The first kappa shape index (κ1) is 18.2. The van der Waals surface area contributed by atoms with E-state index in [9.17, 15) is 0 Å². The first-order valence-corrected chi connectivity index (χ1v) is 9.45. The second-order valence-electron chi connectivity index (χ2n) is 6.54. The molecule has 2 heterocycles. The number of aromatic nitrogens is 1. The zero-order valence-electron chi connectivity index (χ0n) is 15.1. The number of aliphatic imine (C=N–C) groups is 1. The average molecular weight is 338 g/mol. The van der Waals surface area contributed by atoms with Crippen LogP contribution >= 0.6 is 11.3 Å². The third kappa shape index (κ3) is 5.46. The molecule has 5 nitrogen and oxygen atoms in total. The molecule has 0 saturated carbocycles. The molecule has 0 radical (unpaired) electrons. The van der Waals surface area contributed by atoms with Crippen molar-refractivity contribution in [1.29, 1.82) is 0 Å². The quantitative estimate of drug-likeness (QED) is 0.640. The molecule has 130 valence electrons. The minimum absolute atomic E-state index is 0.531. The third-order valence-electron chi connectivity index (χ3n) is 4.47. The largest absolute Gasteiger partial charge is 0.356 e. The molecule has 1 saturated heterocycles. The van der Waals surface area contributed by atoms with Gasteiger partial charge in [-0.25, -0.2) is 4.98 Å². The summed E-state index contributed by atoms with van der Waals surface area (Å²) in [6.45, 7) is 12.0. The van der Waals surface area contributed by atoms with Gasteiger partial charge in [-0.3, -0.25) is 4.99 Å². The predicted molar refractivity (Wildman–Crippen MR) is 99.5 cm³/mol. The average Bonchev–Trinajstić information content (AvgIpc) is 2.84. The van der Waals surface area contributed by atoms with Gasteiger partial charge in [-0.1, -0.05) is 0 Å². The maximum absolute atomic E-state index is 4.48. The molecule has 1 fully saturated rings. The van der Waals surface area contributed by atoms with Crippen LogP contribution in [-0.4, -0.2) is 54.6 Å². The van der Waals surface area contributed by atoms with Crippen LogP contribution in [0.3, 0.4) is 0 Å². The number of guanidine groups is 1. The van der Waals surface area contributed by atoms with Crippen LogP contribution in [0.15, 0.2) is 4.99 Å². The van der Waals surface area contributed by atoms with E-state index in [4.69, 9.17) is 0 Å². The maximum atomic E-state index is 4.48. The van der Waals surface area contributed by atoms with Crippen LogP contribution in [0.5, 0.6) is 0 Å². The summed E-state index contributed by atoms with van der Waals surface area (Å²) < 4.78 is 0. The summed E-state index contributed by atoms with van der Waals surface area (Å²) in [5, 5.41) is 8.16. The summed E-state index contributed by atoms with van der Waals surface area (Å²) >= 11 is 1.80. The Hall–Kier alpha value is -1.14. The summed E-state index contributed by atoms with van der Waals surface area (Å²) in [5.41, 5.74) is 1.17. The minimum atomic E-state index is 0.531. The fourth-order valence-corrected chi connectivity index (χ4v) is 3.98. The Morgan fingerprint density at radius 1 is 1.35 bits per heavy atom. The number of aryl methyl sites for hydroxylation is 2. The van der Waals surface area contributed by atoms with Gasteiger partial charge in [-0.15, -0.1) is 11.3 Å². The fraction of sp³-hybridized carbons (Fsp3) is 0.765. The van der Waals surface area contributed by atoms with E-state index in [0.29, 0.717) is 12.1 Å². The highest BCUT2D eigenvalue weighted by Gasteiger charge is 2.21. The molecule has 1 aliphatic rings. The van der Waals surface area contributed by atoms with E-state index >= 15 is 0 Å². The van der Waals surface area contributed by atoms with Crippen LogP contribution in [0.25, 0.3) is 0 Å². The number of rotatable bonds is 5. The van der Waals surface area contributed by atoms with Gasteiger partial charge in [0.2, 0.25) is 0 Å². The van der Waals surface area contributed by atoms with Gasteiger partial charge in [0.05, 0.1) is 10.7 Å². The van der Waals surface area contributed by atoms with E-state index in [2.05, 4.69) is 53.2 Å². The van der Waals surface area contributed by atoms with E-state index in [0.717, 1.165) is 23.9 Å². The molecule has 1 aromatic heterocycles. The highest BCUT2D eigenvalue weighted by atomic mass is 32.1. The topological polar surface area (TPSA) is 52.6 Å². The maximum Gasteiger partial charge on any atom is 0.191 e. The summed E-state index contributed by atoms with van der Waals surface area (Å²) in [5.74, 6) is 0.923. The highest BCUT2D eigenvalue weighted by Crippen LogP contribution is 2.17. The van der Waals surface area contributed by atoms with Gasteiger partial charge in [0.25, 0.3) is 0 Å². The molecular formula is C17H31N5S. The number of nitrogens with zero attached hydrogens (tertiary/aromatic N) is 3.